The van der Waals surface area contributed by atoms with Gasteiger partial charge in [-0.25, -0.2) is 0 Å². The molecule has 0 aliphatic carbocycles. The highest BCUT2D eigenvalue weighted by Crippen LogP contribution is 2.55. The number of carbonyl (C=O) groups excluding carboxylic acids is 2. The van der Waals surface area contributed by atoms with E-state index in [1.807, 2.05) is 13.0 Å². The number of carbonyl (C=O) groups is 2. The molecule has 1 fully saturated rings. The highest BCUT2D eigenvalue weighted by Gasteiger charge is 2.61. The van der Waals surface area contributed by atoms with Crippen LogP contribution in [0, 0.1) is 0 Å². The minimum Gasteiger partial charge on any atom is -0.466 e. The van der Waals surface area contributed by atoms with Crippen molar-refractivity contribution in [3.8, 4) is 0 Å². The van der Waals surface area contributed by atoms with Gasteiger partial charge in [-0.2, -0.15) is 0 Å². The Labute approximate surface area is 212 Å². The predicted molar refractivity (Wildman–Crippen MR) is 139 cm³/mol. The molecule has 0 aromatic rings. The Morgan fingerprint density at radius 2 is 1.51 bits per heavy atom. The van der Waals surface area contributed by atoms with Gasteiger partial charge in [0.1, 0.15) is 0 Å². The van der Waals surface area contributed by atoms with Gasteiger partial charge in [0.25, 0.3) is 0 Å². The summed E-state index contributed by atoms with van der Waals surface area (Å²) in [5.41, 5.74) is 0. The van der Waals surface area contributed by atoms with Gasteiger partial charge in [-0.15, -0.1) is 13.2 Å². The first-order chi connectivity index (χ1) is 16.1. The van der Waals surface area contributed by atoms with Gasteiger partial charge in [0.2, 0.25) is 0 Å². The molecule has 9 heteroatoms. The van der Waals surface area contributed by atoms with E-state index in [1.165, 1.54) is 6.08 Å². The fourth-order valence-corrected chi connectivity index (χ4v) is 9.20. The third-order valence-corrected chi connectivity index (χ3v) is 10.8. The number of esters is 2. The Hall–Kier alpha value is -1.52. The number of rotatable bonds is 10. The molecule has 0 aromatic carbocycles. The van der Waals surface area contributed by atoms with E-state index in [4.69, 9.17) is 18.7 Å². The lowest BCUT2D eigenvalue weighted by Crippen LogP contribution is -2.63. The summed E-state index contributed by atoms with van der Waals surface area (Å²) in [4.78, 5) is 22.7. The second kappa shape index (κ2) is 14.9. The maximum Gasteiger partial charge on any atom is 0.350 e. The largest absolute Gasteiger partial charge is 0.466 e. The van der Waals surface area contributed by atoms with E-state index in [1.54, 1.807) is 6.92 Å². The summed E-state index contributed by atoms with van der Waals surface area (Å²) in [6.07, 6.45) is 2.23. The highest BCUT2D eigenvalue weighted by atomic mass is 28.4. The molecule has 204 valence electrons. The van der Waals surface area contributed by atoms with Crippen LogP contribution in [0.1, 0.15) is 81.1 Å². The standard InChI is InChI=1S/C17H32O4Si.C9H16O4/c1-9-13-11-14(12-15(18)19-10-2)21-22(20-13,16(3,4)5)17(6,7)8;1-3-7(10)5-8(11)6-9(12)13-4-2/h9,13-14H,1,10-12H2,2-8H3;3,7-8,10-11H,1,4-6H2,2H3/t13-,14-;7-,8-/m00/s1. The van der Waals surface area contributed by atoms with Crippen LogP contribution in [0.5, 0.6) is 0 Å². The van der Waals surface area contributed by atoms with Crippen LogP contribution >= 0.6 is 0 Å². The zero-order chi connectivity index (χ0) is 27.4. The van der Waals surface area contributed by atoms with E-state index >= 15 is 0 Å². The topological polar surface area (TPSA) is 112 Å². The van der Waals surface area contributed by atoms with E-state index in [0.29, 0.717) is 19.6 Å². The van der Waals surface area contributed by atoms with Crippen molar-refractivity contribution in [1.29, 1.82) is 0 Å². The molecule has 0 radical (unpaired) electrons. The summed E-state index contributed by atoms with van der Waals surface area (Å²) in [5.74, 6) is -0.658. The monoisotopic (exact) mass is 516 g/mol. The van der Waals surface area contributed by atoms with Gasteiger partial charge in [0.15, 0.2) is 0 Å². The van der Waals surface area contributed by atoms with E-state index in [2.05, 4.69) is 59.4 Å². The Balaban J connectivity index is 0.000000761. The number of hydrogen-bond acceptors (Lipinski definition) is 8. The summed E-state index contributed by atoms with van der Waals surface area (Å²) < 4.78 is 22.7. The van der Waals surface area contributed by atoms with Crippen molar-refractivity contribution in [1.82, 2.24) is 0 Å². The van der Waals surface area contributed by atoms with Crippen LogP contribution in [-0.4, -0.2) is 68.3 Å². The fraction of sp³-hybridized carbons (Fsp3) is 0.769. The molecule has 1 aliphatic heterocycles. The average Bonchev–Trinajstić information content (AvgIpc) is 2.72. The second-order valence-corrected chi connectivity index (χ2v) is 15.4. The molecule has 1 rings (SSSR count). The van der Waals surface area contributed by atoms with Gasteiger partial charge in [-0.3, -0.25) is 9.59 Å². The smallest absolute Gasteiger partial charge is 0.350 e. The molecule has 1 aliphatic rings. The van der Waals surface area contributed by atoms with Crippen LogP contribution in [0.2, 0.25) is 10.1 Å². The van der Waals surface area contributed by atoms with E-state index in [-0.39, 0.29) is 47.5 Å². The van der Waals surface area contributed by atoms with Crippen LogP contribution in [0.3, 0.4) is 0 Å². The lowest BCUT2D eigenvalue weighted by molar-refractivity contribution is -0.147. The van der Waals surface area contributed by atoms with Gasteiger partial charge in [0.05, 0.1) is 50.5 Å². The maximum absolute atomic E-state index is 11.9. The second-order valence-electron chi connectivity index (χ2n) is 10.7. The third-order valence-electron chi connectivity index (χ3n) is 5.58. The zero-order valence-corrected chi connectivity index (χ0v) is 24.0. The molecule has 0 amide bonds. The first-order valence-electron chi connectivity index (χ1n) is 12.3. The highest BCUT2D eigenvalue weighted by molar-refractivity contribution is 6.73. The third kappa shape index (κ3) is 11.0. The zero-order valence-electron chi connectivity index (χ0n) is 23.0. The molecule has 4 atom stereocenters. The van der Waals surface area contributed by atoms with Crippen LogP contribution in [-0.2, 0) is 27.9 Å². The lowest BCUT2D eigenvalue weighted by Gasteiger charge is -2.54. The average molecular weight is 517 g/mol. The van der Waals surface area contributed by atoms with Crippen molar-refractivity contribution in [2.24, 2.45) is 0 Å². The SMILES string of the molecule is C=C[C@H](O)C[C@H](O)CC(=O)OCC.C=C[C@H]1C[C@@H](CC(=O)OCC)O[Si](C(C)(C)C)(C(C)(C)C)O1. The molecule has 8 nitrogen and oxygen atoms in total. The van der Waals surface area contributed by atoms with Gasteiger partial charge in [-0.05, 0) is 13.8 Å². The molecule has 2 N–H and O–H groups in total. The van der Waals surface area contributed by atoms with Crippen molar-refractivity contribution < 1.29 is 38.1 Å². The lowest BCUT2D eigenvalue weighted by atomic mass is 10.1. The fourth-order valence-electron chi connectivity index (χ4n) is 4.21. The summed E-state index contributed by atoms with van der Waals surface area (Å²) in [6, 6.07) is 0. The quantitative estimate of drug-likeness (QED) is 0.247. The molecular weight excluding hydrogens is 468 g/mol. The normalized spacial score (nSPS) is 21.5. The van der Waals surface area contributed by atoms with Gasteiger partial charge in [-0.1, -0.05) is 53.7 Å². The predicted octanol–water partition coefficient (Wildman–Crippen LogP) is 4.58. The number of hydrogen-bond donors (Lipinski definition) is 2. The molecule has 1 saturated heterocycles. The minimum absolute atomic E-state index is 0.0710. The Morgan fingerprint density at radius 3 is 1.94 bits per heavy atom. The van der Waals surface area contributed by atoms with Crippen LogP contribution < -0.4 is 0 Å². The van der Waals surface area contributed by atoms with Crippen LogP contribution in [0.4, 0.5) is 0 Å². The van der Waals surface area contributed by atoms with Crippen molar-refractivity contribution in [2.45, 2.75) is 116 Å². The molecule has 0 unspecified atom stereocenters. The Kier molecular flexibility index (Phi) is 14.2. The Bertz CT molecular complexity index is 666. The molecule has 0 saturated carbocycles. The summed E-state index contributed by atoms with van der Waals surface area (Å²) in [7, 11) is -2.60. The summed E-state index contributed by atoms with van der Waals surface area (Å²) >= 11 is 0. The van der Waals surface area contributed by atoms with E-state index in [9.17, 15) is 14.7 Å². The number of aliphatic hydroxyl groups excluding tert-OH is 2. The van der Waals surface area contributed by atoms with Crippen LogP contribution in [0.15, 0.2) is 25.3 Å². The number of ether oxygens (including phenoxy) is 2. The van der Waals surface area contributed by atoms with Crippen molar-refractivity contribution in [3.05, 3.63) is 25.3 Å². The van der Waals surface area contributed by atoms with E-state index < -0.39 is 26.7 Å². The molecule has 0 bridgehead atoms. The molecule has 0 spiro atoms. The number of aliphatic hydroxyl groups is 2. The molecule has 0 aromatic heterocycles. The van der Waals surface area contributed by atoms with Gasteiger partial charge < -0.3 is 28.5 Å². The first-order valence-corrected chi connectivity index (χ1v) is 14.2. The van der Waals surface area contributed by atoms with Crippen molar-refractivity contribution in [3.63, 3.8) is 0 Å². The van der Waals surface area contributed by atoms with Crippen molar-refractivity contribution >= 4 is 20.5 Å². The Morgan fingerprint density at radius 1 is 1.00 bits per heavy atom. The summed E-state index contributed by atoms with van der Waals surface area (Å²) in [5, 5.41) is 18.1. The van der Waals surface area contributed by atoms with Crippen molar-refractivity contribution in [2.75, 3.05) is 13.2 Å². The maximum atomic E-state index is 11.9. The van der Waals surface area contributed by atoms with E-state index in [0.717, 1.165) is 0 Å². The molecule has 35 heavy (non-hydrogen) atoms. The summed E-state index contributed by atoms with van der Waals surface area (Å²) in [6.45, 7) is 24.4. The van der Waals surface area contributed by atoms with Crippen LogP contribution in [0.25, 0.3) is 0 Å². The minimum atomic E-state index is -2.60. The molecular formula is C26H48O8Si. The molecule has 1 heterocycles. The first kappa shape index (κ1) is 33.5. The van der Waals surface area contributed by atoms with Gasteiger partial charge >= 0.3 is 20.5 Å². The van der Waals surface area contributed by atoms with Gasteiger partial charge in [0, 0.05) is 22.9 Å².